The predicted octanol–water partition coefficient (Wildman–Crippen LogP) is 4.38. The highest BCUT2D eigenvalue weighted by molar-refractivity contribution is 7.99. The molecule has 2 amide bonds. The summed E-state index contributed by atoms with van der Waals surface area (Å²) in [5, 5.41) is 2.86. The molecule has 1 saturated heterocycles. The number of hydrogen-bond donors (Lipinski definition) is 1. The molecule has 7 heteroatoms. The van der Waals surface area contributed by atoms with Crippen LogP contribution in [0.4, 0.5) is 10.5 Å². The van der Waals surface area contributed by atoms with Crippen molar-refractivity contribution in [3.8, 4) is 17.2 Å². The Hall–Kier alpha value is -2.54. The van der Waals surface area contributed by atoms with Crippen LogP contribution >= 0.6 is 11.8 Å². The maximum Gasteiger partial charge on any atom is 0.323 e. The summed E-state index contributed by atoms with van der Waals surface area (Å²) < 4.78 is 16.4. The SMILES string of the molecule is CCOc1ccccc1NC(=O)N1CCSC1c1ccc(OC)cc1OC. The lowest BCUT2D eigenvalue weighted by Gasteiger charge is -2.26. The number of hydrogen-bond acceptors (Lipinski definition) is 5. The third-order valence-corrected chi connectivity index (χ3v) is 5.53. The first-order valence-corrected chi connectivity index (χ1v) is 9.85. The van der Waals surface area contributed by atoms with E-state index in [1.165, 1.54) is 0 Å². The average Bonchev–Trinajstić information content (AvgIpc) is 3.19. The second-order valence-electron chi connectivity index (χ2n) is 5.88. The Balaban J connectivity index is 1.81. The first-order chi connectivity index (χ1) is 13.2. The second-order valence-corrected chi connectivity index (χ2v) is 7.07. The second kappa shape index (κ2) is 8.90. The van der Waals surface area contributed by atoms with Crippen LogP contribution in [0.25, 0.3) is 0 Å². The van der Waals surface area contributed by atoms with E-state index in [-0.39, 0.29) is 11.4 Å². The van der Waals surface area contributed by atoms with Crippen molar-refractivity contribution in [3.05, 3.63) is 48.0 Å². The lowest BCUT2D eigenvalue weighted by atomic mass is 10.1. The number of carbonyl (C=O) groups is 1. The van der Waals surface area contributed by atoms with Crippen LogP contribution in [0.3, 0.4) is 0 Å². The summed E-state index contributed by atoms with van der Waals surface area (Å²) >= 11 is 1.71. The number of methoxy groups -OCH3 is 2. The predicted molar refractivity (Wildman–Crippen MR) is 108 cm³/mol. The van der Waals surface area contributed by atoms with E-state index in [9.17, 15) is 4.79 Å². The van der Waals surface area contributed by atoms with Crippen LogP contribution in [0.5, 0.6) is 17.2 Å². The van der Waals surface area contributed by atoms with Gasteiger partial charge in [-0.3, -0.25) is 0 Å². The molecule has 0 saturated carbocycles. The van der Waals surface area contributed by atoms with Crippen molar-refractivity contribution < 1.29 is 19.0 Å². The molecular weight excluding hydrogens is 364 g/mol. The molecule has 27 heavy (non-hydrogen) atoms. The summed E-state index contributed by atoms with van der Waals surface area (Å²) in [5.74, 6) is 2.96. The average molecular weight is 388 g/mol. The first-order valence-electron chi connectivity index (χ1n) is 8.81. The number of amides is 2. The third-order valence-electron chi connectivity index (χ3n) is 4.29. The molecule has 0 radical (unpaired) electrons. The number of rotatable bonds is 6. The van der Waals surface area contributed by atoms with Gasteiger partial charge in [0.15, 0.2) is 0 Å². The number of benzene rings is 2. The molecule has 1 aliphatic rings. The molecule has 6 nitrogen and oxygen atoms in total. The van der Waals surface area contributed by atoms with E-state index in [0.717, 1.165) is 17.1 Å². The normalized spacial score (nSPS) is 16.1. The smallest absolute Gasteiger partial charge is 0.323 e. The largest absolute Gasteiger partial charge is 0.497 e. The number of thioether (sulfide) groups is 1. The molecule has 0 aliphatic carbocycles. The van der Waals surface area contributed by atoms with Crippen molar-refractivity contribution in [2.24, 2.45) is 0 Å². The zero-order valence-electron chi connectivity index (χ0n) is 15.7. The fourth-order valence-corrected chi connectivity index (χ4v) is 4.28. The molecule has 1 unspecified atom stereocenters. The number of carbonyl (C=O) groups excluding carboxylic acids is 1. The number of nitrogens with zero attached hydrogens (tertiary/aromatic N) is 1. The zero-order valence-corrected chi connectivity index (χ0v) is 16.5. The molecule has 144 valence electrons. The minimum atomic E-state index is -0.157. The maximum atomic E-state index is 13.0. The van der Waals surface area contributed by atoms with E-state index in [4.69, 9.17) is 14.2 Å². The van der Waals surface area contributed by atoms with Gasteiger partial charge in [0.25, 0.3) is 0 Å². The van der Waals surface area contributed by atoms with Crippen LogP contribution in [-0.4, -0.2) is 44.1 Å². The molecule has 1 aliphatic heterocycles. The minimum absolute atomic E-state index is 0.120. The monoisotopic (exact) mass is 388 g/mol. The summed E-state index contributed by atoms with van der Waals surface area (Å²) in [6.07, 6.45) is 0. The summed E-state index contributed by atoms with van der Waals surface area (Å²) in [6.45, 7) is 3.12. The van der Waals surface area contributed by atoms with Crippen molar-refractivity contribution in [1.82, 2.24) is 4.90 Å². The van der Waals surface area contributed by atoms with Gasteiger partial charge < -0.3 is 24.4 Å². The Bertz CT molecular complexity index is 799. The highest BCUT2D eigenvalue weighted by atomic mass is 32.2. The molecule has 0 spiro atoms. The van der Waals surface area contributed by atoms with Gasteiger partial charge in [0.05, 0.1) is 26.5 Å². The highest BCUT2D eigenvalue weighted by Crippen LogP contribution is 2.43. The number of urea groups is 1. The van der Waals surface area contributed by atoms with E-state index in [1.807, 2.05) is 54.3 Å². The molecule has 1 heterocycles. The van der Waals surface area contributed by atoms with Gasteiger partial charge in [0.2, 0.25) is 0 Å². The number of nitrogens with one attached hydrogen (secondary N) is 1. The van der Waals surface area contributed by atoms with E-state index in [0.29, 0.717) is 30.3 Å². The Morgan fingerprint density at radius 2 is 2.00 bits per heavy atom. The molecular formula is C20H24N2O4S. The number of ether oxygens (including phenoxy) is 3. The molecule has 3 rings (SSSR count). The summed E-state index contributed by atoms with van der Waals surface area (Å²) in [5.41, 5.74) is 1.62. The molecule has 2 aromatic carbocycles. The van der Waals surface area contributed by atoms with Gasteiger partial charge in [0, 0.05) is 23.9 Å². The van der Waals surface area contributed by atoms with Gasteiger partial charge in [-0.25, -0.2) is 4.79 Å². The zero-order chi connectivity index (χ0) is 19.2. The number of para-hydroxylation sites is 2. The Labute approximate surface area is 163 Å². The first kappa shape index (κ1) is 19.2. The molecule has 0 aromatic heterocycles. The van der Waals surface area contributed by atoms with Crippen LogP contribution in [0.2, 0.25) is 0 Å². The lowest BCUT2D eigenvalue weighted by molar-refractivity contribution is 0.213. The summed E-state index contributed by atoms with van der Waals surface area (Å²) in [7, 11) is 3.25. The van der Waals surface area contributed by atoms with Crippen molar-refractivity contribution in [3.63, 3.8) is 0 Å². The molecule has 1 fully saturated rings. The van der Waals surface area contributed by atoms with Crippen LogP contribution < -0.4 is 19.5 Å². The standard InChI is InChI=1S/C20H24N2O4S/c1-4-26-17-8-6-5-7-16(17)21-20(23)22-11-12-27-19(22)15-10-9-14(24-2)13-18(15)25-3/h5-10,13,19H,4,11-12H2,1-3H3,(H,21,23). The van der Waals surface area contributed by atoms with Gasteiger partial charge in [0.1, 0.15) is 22.6 Å². The molecule has 0 bridgehead atoms. The summed E-state index contributed by atoms with van der Waals surface area (Å²) in [4.78, 5) is 14.8. The van der Waals surface area contributed by atoms with Gasteiger partial charge in [-0.1, -0.05) is 12.1 Å². The van der Waals surface area contributed by atoms with Crippen molar-refractivity contribution in [2.45, 2.75) is 12.3 Å². The van der Waals surface area contributed by atoms with Crippen LogP contribution in [0.1, 0.15) is 17.9 Å². The van der Waals surface area contributed by atoms with Crippen LogP contribution in [0, 0.1) is 0 Å². The van der Waals surface area contributed by atoms with Crippen LogP contribution in [0.15, 0.2) is 42.5 Å². The molecule has 2 aromatic rings. The fourth-order valence-electron chi connectivity index (χ4n) is 3.00. The molecule has 1 atom stereocenters. The van der Waals surface area contributed by atoms with E-state index in [2.05, 4.69) is 5.32 Å². The minimum Gasteiger partial charge on any atom is -0.497 e. The number of anilines is 1. The highest BCUT2D eigenvalue weighted by Gasteiger charge is 2.33. The van der Waals surface area contributed by atoms with Crippen molar-refractivity contribution in [2.75, 3.05) is 38.4 Å². The lowest BCUT2D eigenvalue weighted by Crippen LogP contribution is -2.34. The van der Waals surface area contributed by atoms with Crippen molar-refractivity contribution >= 4 is 23.5 Å². The van der Waals surface area contributed by atoms with E-state index < -0.39 is 0 Å². The Kier molecular flexibility index (Phi) is 6.34. The van der Waals surface area contributed by atoms with Gasteiger partial charge in [-0.2, -0.15) is 0 Å². The maximum absolute atomic E-state index is 13.0. The van der Waals surface area contributed by atoms with Gasteiger partial charge >= 0.3 is 6.03 Å². The van der Waals surface area contributed by atoms with Gasteiger partial charge in [-0.05, 0) is 31.2 Å². The van der Waals surface area contributed by atoms with E-state index >= 15 is 0 Å². The topological polar surface area (TPSA) is 60.0 Å². The summed E-state index contributed by atoms with van der Waals surface area (Å²) in [6, 6.07) is 13.0. The van der Waals surface area contributed by atoms with Gasteiger partial charge in [-0.15, -0.1) is 11.8 Å². The van der Waals surface area contributed by atoms with Crippen molar-refractivity contribution in [1.29, 1.82) is 0 Å². The Morgan fingerprint density at radius 1 is 1.19 bits per heavy atom. The third kappa shape index (κ3) is 4.24. The quantitative estimate of drug-likeness (QED) is 0.796. The molecule has 1 N–H and O–H groups in total. The fraction of sp³-hybridized carbons (Fsp3) is 0.350. The van der Waals surface area contributed by atoms with Crippen LogP contribution in [-0.2, 0) is 0 Å². The van der Waals surface area contributed by atoms with E-state index in [1.54, 1.807) is 26.0 Å². The Morgan fingerprint density at radius 3 is 2.74 bits per heavy atom.